The van der Waals surface area contributed by atoms with Crippen molar-refractivity contribution in [2.75, 3.05) is 7.11 Å². The van der Waals surface area contributed by atoms with E-state index in [1.54, 1.807) is 13.2 Å². The summed E-state index contributed by atoms with van der Waals surface area (Å²) >= 11 is 0. The van der Waals surface area contributed by atoms with E-state index in [-0.39, 0.29) is 22.5 Å². The van der Waals surface area contributed by atoms with E-state index in [4.69, 9.17) is 4.74 Å². The zero-order chi connectivity index (χ0) is 21.3. The molecule has 0 saturated heterocycles. The molecule has 0 bridgehead atoms. The third-order valence-electron chi connectivity index (χ3n) is 5.06. The molecule has 1 atom stereocenters. The van der Waals surface area contributed by atoms with Gasteiger partial charge in [0.2, 0.25) is 0 Å². The van der Waals surface area contributed by atoms with Gasteiger partial charge in [-0.3, -0.25) is 0 Å². The highest BCUT2D eigenvalue weighted by atomic mass is 16.5. The second-order valence-electron chi connectivity index (χ2n) is 9.54. The van der Waals surface area contributed by atoms with Gasteiger partial charge >= 0.3 is 0 Å². The van der Waals surface area contributed by atoms with Crippen LogP contribution in [0.4, 0.5) is 0 Å². The maximum atomic E-state index is 10.9. The quantitative estimate of drug-likeness (QED) is 0.633. The lowest BCUT2D eigenvalue weighted by Gasteiger charge is -2.29. The molecule has 152 valence electrons. The van der Waals surface area contributed by atoms with Crippen molar-refractivity contribution in [2.24, 2.45) is 0 Å². The number of aromatic hydroxyl groups is 2. The van der Waals surface area contributed by atoms with Gasteiger partial charge in [0, 0.05) is 0 Å². The Hall–Kier alpha value is -2.42. The molecule has 3 heteroatoms. The van der Waals surface area contributed by atoms with Gasteiger partial charge in [-0.15, -0.1) is 0 Å². The normalized spacial score (nSPS) is 13.7. The van der Waals surface area contributed by atoms with Gasteiger partial charge in [-0.25, -0.2) is 0 Å². The van der Waals surface area contributed by atoms with Gasteiger partial charge < -0.3 is 14.9 Å². The summed E-state index contributed by atoms with van der Waals surface area (Å²) in [6.45, 7) is 14.9. The van der Waals surface area contributed by atoms with Crippen molar-refractivity contribution in [1.29, 1.82) is 0 Å². The Kier molecular flexibility index (Phi) is 6.18. The van der Waals surface area contributed by atoms with E-state index in [0.717, 1.165) is 16.7 Å². The smallest absolute Gasteiger partial charge is 0.161 e. The number of methoxy groups -OCH3 is 1. The van der Waals surface area contributed by atoms with Gasteiger partial charge in [-0.2, -0.15) is 0 Å². The topological polar surface area (TPSA) is 49.7 Å². The third kappa shape index (κ3) is 4.89. The predicted molar refractivity (Wildman–Crippen MR) is 118 cm³/mol. The molecule has 2 aromatic carbocycles. The number of ether oxygens (including phenoxy) is 1. The lowest BCUT2D eigenvalue weighted by Crippen LogP contribution is -2.18. The first-order chi connectivity index (χ1) is 12.8. The van der Waals surface area contributed by atoms with Crippen LogP contribution in [0, 0.1) is 0 Å². The Bertz CT molecular complexity index is 829. The molecule has 0 aliphatic heterocycles. The van der Waals surface area contributed by atoms with Crippen molar-refractivity contribution in [3.8, 4) is 17.2 Å². The fourth-order valence-corrected chi connectivity index (χ4v) is 3.23. The van der Waals surface area contributed by atoms with Crippen LogP contribution in [0.2, 0.25) is 0 Å². The van der Waals surface area contributed by atoms with Gasteiger partial charge in [0.1, 0.15) is 5.75 Å². The lowest BCUT2D eigenvalue weighted by atomic mass is 9.77. The zero-order valence-corrected chi connectivity index (χ0v) is 18.4. The van der Waals surface area contributed by atoms with E-state index < -0.39 is 0 Å². The minimum Gasteiger partial charge on any atom is -0.507 e. The van der Waals surface area contributed by atoms with Crippen LogP contribution in [0.3, 0.4) is 0 Å². The number of benzene rings is 2. The van der Waals surface area contributed by atoms with Gasteiger partial charge in [0.05, 0.1) is 7.11 Å². The summed E-state index contributed by atoms with van der Waals surface area (Å²) < 4.78 is 5.18. The van der Waals surface area contributed by atoms with Crippen LogP contribution in [0.5, 0.6) is 17.2 Å². The number of phenols is 2. The van der Waals surface area contributed by atoms with Crippen molar-refractivity contribution in [3.05, 3.63) is 58.7 Å². The summed E-state index contributed by atoms with van der Waals surface area (Å²) in [6.07, 6.45) is 4.17. The first kappa shape index (κ1) is 21.9. The highest BCUT2D eigenvalue weighted by molar-refractivity contribution is 5.57. The van der Waals surface area contributed by atoms with Crippen LogP contribution in [0.15, 0.2) is 36.4 Å². The summed E-state index contributed by atoms with van der Waals surface area (Å²) in [5.74, 6) is 1.17. The molecule has 0 radical (unpaired) electrons. The van der Waals surface area contributed by atoms with Crippen LogP contribution in [0.25, 0.3) is 6.08 Å². The SMILES string of the molecule is COc1cc(/C=C/C(C)c2cc(C(C)(C)C)c(O)c(C(C)(C)C)c2)ccc1O. The fraction of sp³-hybridized carbons (Fsp3) is 0.440. The Morgan fingerprint density at radius 2 is 1.43 bits per heavy atom. The van der Waals surface area contributed by atoms with Crippen molar-refractivity contribution in [2.45, 2.75) is 65.2 Å². The Morgan fingerprint density at radius 1 is 0.893 bits per heavy atom. The Morgan fingerprint density at radius 3 is 1.89 bits per heavy atom. The molecule has 0 fully saturated rings. The summed E-state index contributed by atoms with van der Waals surface area (Å²) in [5, 5.41) is 20.7. The molecule has 2 N–H and O–H groups in total. The van der Waals surface area contributed by atoms with Gasteiger partial charge in [-0.05, 0) is 51.1 Å². The van der Waals surface area contributed by atoms with Crippen molar-refractivity contribution >= 4 is 6.08 Å². The molecule has 1 unspecified atom stereocenters. The molecule has 2 aromatic rings. The largest absolute Gasteiger partial charge is 0.507 e. The lowest BCUT2D eigenvalue weighted by molar-refractivity contribution is 0.373. The standard InChI is InChI=1S/C25H34O3/c1-16(9-10-17-11-12-21(26)22(13-17)28-8)18-14-19(24(2,3)4)23(27)20(15-18)25(5,6)7/h9-16,26-27H,1-8H3/b10-9+. The monoisotopic (exact) mass is 382 g/mol. The second-order valence-corrected chi connectivity index (χ2v) is 9.54. The Labute approximate surface area is 169 Å². The zero-order valence-electron chi connectivity index (χ0n) is 18.4. The van der Waals surface area contributed by atoms with E-state index >= 15 is 0 Å². The molecule has 28 heavy (non-hydrogen) atoms. The molecule has 0 saturated carbocycles. The number of phenolic OH excluding ortho intramolecular Hbond substituents is 2. The summed E-state index contributed by atoms with van der Waals surface area (Å²) in [6, 6.07) is 9.56. The maximum absolute atomic E-state index is 10.9. The molecule has 0 amide bonds. The third-order valence-corrected chi connectivity index (χ3v) is 5.06. The molecule has 0 aliphatic carbocycles. The number of allylic oxidation sites excluding steroid dienone is 1. The summed E-state index contributed by atoms with van der Waals surface area (Å²) in [4.78, 5) is 0. The number of rotatable bonds is 4. The van der Waals surface area contributed by atoms with Crippen LogP contribution in [0.1, 0.15) is 76.6 Å². The molecular formula is C25H34O3. The van der Waals surface area contributed by atoms with Crippen LogP contribution in [-0.2, 0) is 10.8 Å². The molecule has 0 aromatic heterocycles. The van der Waals surface area contributed by atoms with Crippen molar-refractivity contribution < 1.29 is 14.9 Å². The fourth-order valence-electron chi connectivity index (χ4n) is 3.23. The van der Waals surface area contributed by atoms with Gasteiger partial charge in [-0.1, -0.05) is 78.8 Å². The molecule has 3 nitrogen and oxygen atoms in total. The molecule has 0 spiro atoms. The summed E-state index contributed by atoms with van der Waals surface area (Å²) in [7, 11) is 1.55. The molecule has 0 heterocycles. The van der Waals surface area contributed by atoms with E-state index in [1.165, 1.54) is 5.56 Å². The minimum atomic E-state index is -0.145. The van der Waals surface area contributed by atoms with Crippen LogP contribution in [-0.4, -0.2) is 17.3 Å². The summed E-state index contributed by atoms with van der Waals surface area (Å²) in [5.41, 5.74) is 3.80. The molecule has 2 rings (SSSR count). The maximum Gasteiger partial charge on any atom is 0.161 e. The Balaban J connectivity index is 2.46. The minimum absolute atomic E-state index is 0.135. The van der Waals surface area contributed by atoms with Gasteiger partial charge in [0.15, 0.2) is 11.5 Å². The van der Waals surface area contributed by atoms with Crippen molar-refractivity contribution in [3.63, 3.8) is 0 Å². The highest BCUT2D eigenvalue weighted by Crippen LogP contribution is 2.41. The van der Waals surface area contributed by atoms with Gasteiger partial charge in [0.25, 0.3) is 0 Å². The molecule has 0 aliphatic rings. The average Bonchev–Trinajstić information content (AvgIpc) is 2.58. The second kappa shape index (κ2) is 7.90. The predicted octanol–water partition coefficient (Wildman–Crippen LogP) is 6.52. The van der Waals surface area contributed by atoms with E-state index in [2.05, 4.69) is 66.7 Å². The van der Waals surface area contributed by atoms with Crippen molar-refractivity contribution in [1.82, 2.24) is 0 Å². The van der Waals surface area contributed by atoms with E-state index in [9.17, 15) is 10.2 Å². The number of hydrogen-bond acceptors (Lipinski definition) is 3. The highest BCUT2D eigenvalue weighted by Gasteiger charge is 2.27. The van der Waals surface area contributed by atoms with E-state index in [1.807, 2.05) is 18.2 Å². The van der Waals surface area contributed by atoms with Crippen LogP contribution < -0.4 is 4.74 Å². The molecular weight excluding hydrogens is 348 g/mol. The average molecular weight is 383 g/mol. The van der Waals surface area contributed by atoms with Crippen LogP contribution >= 0.6 is 0 Å². The number of hydrogen-bond donors (Lipinski definition) is 2. The first-order valence-corrected chi connectivity index (χ1v) is 9.77. The first-order valence-electron chi connectivity index (χ1n) is 9.77. The van der Waals surface area contributed by atoms with E-state index in [0.29, 0.717) is 11.5 Å².